The van der Waals surface area contributed by atoms with Crippen molar-refractivity contribution >= 4 is 17.3 Å². The van der Waals surface area contributed by atoms with Crippen molar-refractivity contribution in [2.75, 3.05) is 19.6 Å². The SMILES string of the molecule is NCC1CCN(Cc2cc(Cl)ccc2[N+](=O)[O-])C1. The Morgan fingerprint density at radius 2 is 2.33 bits per heavy atom. The molecule has 1 aliphatic rings. The van der Waals surface area contributed by atoms with Gasteiger partial charge in [-0.25, -0.2) is 0 Å². The van der Waals surface area contributed by atoms with Crippen LogP contribution in [-0.4, -0.2) is 29.5 Å². The van der Waals surface area contributed by atoms with Gasteiger partial charge in [0.15, 0.2) is 0 Å². The van der Waals surface area contributed by atoms with E-state index in [9.17, 15) is 10.1 Å². The van der Waals surface area contributed by atoms with Crippen molar-refractivity contribution in [2.45, 2.75) is 13.0 Å². The number of hydrogen-bond donors (Lipinski definition) is 1. The van der Waals surface area contributed by atoms with Crippen molar-refractivity contribution in [3.05, 3.63) is 38.9 Å². The first-order chi connectivity index (χ1) is 8.60. The number of benzene rings is 1. The lowest BCUT2D eigenvalue weighted by Gasteiger charge is -2.15. The largest absolute Gasteiger partial charge is 0.330 e. The maximum Gasteiger partial charge on any atom is 0.273 e. The molecule has 0 aromatic heterocycles. The van der Waals surface area contributed by atoms with Gasteiger partial charge in [0.25, 0.3) is 5.69 Å². The van der Waals surface area contributed by atoms with Gasteiger partial charge in [-0.05, 0) is 37.6 Å². The molecule has 1 unspecified atom stereocenters. The van der Waals surface area contributed by atoms with E-state index < -0.39 is 0 Å². The second-order valence-corrected chi connectivity index (χ2v) is 5.09. The maximum atomic E-state index is 11.0. The molecule has 18 heavy (non-hydrogen) atoms. The Kier molecular flexibility index (Phi) is 4.16. The fraction of sp³-hybridized carbons (Fsp3) is 0.500. The highest BCUT2D eigenvalue weighted by Crippen LogP contribution is 2.26. The smallest absolute Gasteiger partial charge is 0.273 e. The summed E-state index contributed by atoms with van der Waals surface area (Å²) >= 11 is 5.90. The Hall–Kier alpha value is -1.17. The van der Waals surface area contributed by atoms with E-state index >= 15 is 0 Å². The van der Waals surface area contributed by atoms with Crippen LogP contribution in [0.3, 0.4) is 0 Å². The number of nitrogens with zero attached hydrogens (tertiary/aromatic N) is 2. The standard InChI is InChI=1S/C12H16ClN3O2/c13-11-1-2-12(16(17)18)10(5-11)8-15-4-3-9(6-14)7-15/h1-2,5,9H,3-4,6-8,14H2. The predicted octanol–water partition coefficient (Wildman–Crippen LogP) is 2.03. The van der Waals surface area contributed by atoms with E-state index in [1.807, 2.05) is 0 Å². The lowest BCUT2D eigenvalue weighted by atomic mass is 10.1. The van der Waals surface area contributed by atoms with Gasteiger partial charge in [0.05, 0.1) is 4.92 Å². The Bertz CT molecular complexity index is 453. The maximum absolute atomic E-state index is 11.0. The topological polar surface area (TPSA) is 72.4 Å². The first-order valence-corrected chi connectivity index (χ1v) is 6.33. The Morgan fingerprint density at radius 3 is 2.94 bits per heavy atom. The van der Waals surface area contributed by atoms with Crippen molar-refractivity contribution in [1.29, 1.82) is 0 Å². The minimum Gasteiger partial charge on any atom is -0.330 e. The molecule has 0 aliphatic carbocycles. The Balaban J connectivity index is 2.13. The van der Waals surface area contributed by atoms with Gasteiger partial charge in [-0.3, -0.25) is 15.0 Å². The summed E-state index contributed by atoms with van der Waals surface area (Å²) in [6.07, 6.45) is 1.06. The van der Waals surface area contributed by atoms with Gasteiger partial charge in [0.1, 0.15) is 0 Å². The molecule has 6 heteroatoms. The van der Waals surface area contributed by atoms with Crippen LogP contribution < -0.4 is 5.73 Å². The third-order valence-electron chi connectivity index (χ3n) is 3.34. The molecule has 1 fully saturated rings. The molecule has 1 saturated heterocycles. The first kappa shape index (κ1) is 13.3. The van der Waals surface area contributed by atoms with Gasteiger partial charge in [0, 0.05) is 29.7 Å². The molecule has 0 bridgehead atoms. The normalized spacial score (nSPS) is 20.2. The first-order valence-electron chi connectivity index (χ1n) is 5.95. The number of nitrogens with two attached hydrogens (primary N) is 1. The van der Waals surface area contributed by atoms with Crippen molar-refractivity contribution in [3.8, 4) is 0 Å². The number of likely N-dealkylation sites (tertiary alicyclic amines) is 1. The third-order valence-corrected chi connectivity index (χ3v) is 3.57. The van der Waals surface area contributed by atoms with Crippen LogP contribution in [-0.2, 0) is 6.54 Å². The summed E-state index contributed by atoms with van der Waals surface area (Å²) in [5, 5.41) is 11.5. The minimum atomic E-state index is -0.359. The highest BCUT2D eigenvalue weighted by molar-refractivity contribution is 6.30. The second-order valence-electron chi connectivity index (χ2n) is 4.66. The molecule has 1 aliphatic heterocycles. The molecule has 1 aromatic carbocycles. The summed E-state index contributed by atoms with van der Waals surface area (Å²) in [7, 11) is 0. The van der Waals surface area contributed by atoms with Crippen LogP contribution in [0.4, 0.5) is 5.69 Å². The van der Waals surface area contributed by atoms with Gasteiger partial charge < -0.3 is 5.73 Å². The number of nitro groups is 1. The van der Waals surface area contributed by atoms with Crippen LogP contribution in [0.1, 0.15) is 12.0 Å². The summed E-state index contributed by atoms with van der Waals surface area (Å²) in [6.45, 7) is 3.08. The van der Waals surface area contributed by atoms with Crippen LogP contribution in [0, 0.1) is 16.0 Å². The van der Waals surface area contributed by atoms with Gasteiger partial charge in [0.2, 0.25) is 0 Å². The molecular weight excluding hydrogens is 254 g/mol. The number of nitro benzene ring substituents is 1. The van der Waals surface area contributed by atoms with E-state index in [0.717, 1.165) is 19.5 Å². The van der Waals surface area contributed by atoms with Gasteiger partial charge >= 0.3 is 0 Å². The molecule has 0 spiro atoms. The van der Waals surface area contributed by atoms with E-state index in [2.05, 4.69) is 4.90 Å². The molecule has 0 saturated carbocycles. The number of rotatable bonds is 4. The summed E-state index contributed by atoms with van der Waals surface area (Å²) in [4.78, 5) is 12.8. The minimum absolute atomic E-state index is 0.135. The van der Waals surface area contributed by atoms with Crippen molar-refractivity contribution < 1.29 is 4.92 Å². The van der Waals surface area contributed by atoms with Crippen LogP contribution in [0.15, 0.2) is 18.2 Å². The van der Waals surface area contributed by atoms with E-state index in [0.29, 0.717) is 29.6 Å². The zero-order valence-electron chi connectivity index (χ0n) is 10.0. The van der Waals surface area contributed by atoms with Gasteiger partial charge in [-0.1, -0.05) is 11.6 Å². The average Bonchev–Trinajstić information content (AvgIpc) is 2.76. The quantitative estimate of drug-likeness (QED) is 0.670. The molecular formula is C12H16ClN3O2. The Morgan fingerprint density at radius 1 is 1.56 bits per heavy atom. The molecule has 1 heterocycles. The Labute approximate surface area is 111 Å². The van der Waals surface area contributed by atoms with Crippen LogP contribution in [0.2, 0.25) is 5.02 Å². The molecule has 5 nitrogen and oxygen atoms in total. The van der Waals surface area contributed by atoms with Gasteiger partial charge in [-0.2, -0.15) is 0 Å². The zero-order chi connectivity index (χ0) is 13.1. The van der Waals surface area contributed by atoms with Gasteiger partial charge in [-0.15, -0.1) is 0 Å². The summed E-state index contributed by atoms with van der Waals surface area (Å²) in [5.41, 5.74) is 6.44. The molecule has 98 valence electrons. The van der Waals surface area contributed by atoms with Crippen LogP contribution in [0.5, 0.6) is 0 Å². The van der Waals surface area contributed by atoms with Crippen LogP contribution in [0.25, 0.3) is 0 Å². The molecule has 0 amide bonds. The molecule has 1 aromatic rings. The van der Waals surface area contributed by atoms with E-state index in [-0.39, 0.29) is 10.6 Å². The monoisotopic (exact) mass is 269 g/mol. The fourth-order valence-electron chi connectivity index (χ4n) is 2.35. The lowest BCUT2D eigenvalue weighted by molar-refractivity contribution is -0.385. The highest BCUT2D eigenvalue weighted by atomic mass is 35.5. The summed E-state index contributed by atoms with van der Waals surface area (Å²) in [6, 6.07) is 4.69. The summed E-state index contributed by atoms with van der Waals surface area (Å²) in [5.74, 6) is 0.503. The van der Waals surface area contributed by atoms with Crippen molar-refractivity contribution in [3.63, 3.8) is 0 Å². The van der Waals surface area contributed by atoms with Crippen molar-refractivity contribution in [1.82, 2.24) is 4.90 Å². The molecule has 1 atom stereocenters. The second kappa shape index (κ2) is 5.65. The number of halogens is 1. The highest BCUT2D eigenvalue weighted by Gasteiger charge is 2.24. The molecule has 2 rings (SSSR count). The van der Waals surface area contributed by atoms with E-state index in [4.69, 9.17) is 17.3 Å². The molecule has 2 N–H and O–H groups in total. The third kappa shape index (κ3) is 2.98. The van der Waals surface area contributed by atoms with Crippen molar-refractivity contribution in [2.24, 2.45) is 11.7 Å². The molecule has 0 radical (unpaired) electrons. The predicted molar refractivity (Wildman–Crippen MR) is 70.5 cm³/mol. The zero-order valence-corrected chi connectivity index (χ0v) is 10.8. The average molecular weight is 270 g/mol. The van der Waals surface area contributed by atoms with Crippen LogP contribution >= 0.6 is 11.6 Å². The fourth-order valence-corrected chi connectivity index (χ4v) is 2.54. The lowest BCUT2D eigenvalue weighted by Crippen LogP contribution is -2.23. The van der Waals surface area contributed by atoms with E-state index in [1.165, 1.54) is 6.07 Å². The van der Waals surface area contributed by atoms with E-state index in [1.54, 1.807) is 12.1 Å². The number of hydrogen-bond acceptors (Lipinski definition) is 4. The summed E-state index contributed by atoms with van der Waals surface area (Å²) < 4.78 is 0.